The third kappa shape index (κ3) is 4.82. The van der Waals surface area contributed by atoms with Crippen LogP contribution >= 0.6 is 0 Å². The van der Waals surface area contributed by atoms with E-state index >= 15 is 0 Å². The average Bonchev–Trinajstić information content (AvgIpc) is 2.28. The molecule has 1 aromatic rings. The van der Waals surface area contributed by atoms with E-state index in [1.807, 2.05) is 39.0 Å². The van der Waals surface area contributed by atoms with E-state index in [1.54, 1.807) is 12.1 Å². The van der Waals surface area contributed by atoms with Crippen LogP contribution in [0.4, 0.5) is 0 Å². The molecule has 0 unspecified atom stereocenters. The van der Waals surface area contributed by atoms with E-state index in [2.05, 4.69) is 5.32 Å². The molecule has 1 aromatic carbocycles. The smallest absolute Gasteiger partial charge is 0.252 e. The molecule has 1 amide bonds. The van der Waals surface area contributed by atoms with Gasteiger partial charge in [0.15, 0.2) is 0 Å². The molecule has 3 heteroatoms. The summed E-state index contributed by atoms with van der Waals surface area (Å²) < 4.78 is 0. The van der Waals surface area contributed by atoms with Gasteiger partial charge in [-0.2, -0.15) is 5.26 Å². The summed E-state index contributed by atoms with van der Waals surface area (Å²) in [5.74, 6) is -0.203. The van der Waals surface area contributed by atoms with Gasteiger partial charge >= 0.3 is 0 Å². The van der Waals surface area contributed by atoms with Crippen molar-refractivity contribution in [3.8, 4) is 6.07 Å². The van der Waals surface area contributed by atoms with Crippen molar-refractivity contribution in [2.24, 2.45) is 0 Å². The van der Waals surface area contributed by atoms with Crippen LogP contribution in [0.5, 0.6) is 0 Å². The Balaban J connectivity index is 0.000000921. The fourth-order valence-corrected chi connectivity index (χ4v) is 1.01. The van der Waals surface area contributed by atoms with Crippen molar-refractivity contribution in [3.05, 3.63) is 35.4 Å². The largest absolute Gasteiger partial charge is 0.339 e. The molecule has 0 aliphatic carbocycles. The lowest BCUT2D eigenvalue weighted by Crippen LogP contribution is -2.23. The molecule has 0 radical (unpaired) electrons. The highest BCUT2D eigenvalue weighted by Gasteiger charge is 2.02. The molecule has 0 atom stereocenters. The van der Waals surface area contributed by atoms with Crippen molar-refractivity contribution in [1.82, 2.24) is 5.32 Å². The Morgan fingerprint density at radius 3 is 2.67 bits per heavy atom. The molecule has 0 aliphatic rings. The maximum atomic E-state index is 11.3. The molecule has 0 heterocycles. The average molecular weight is 204 g/mol. The molecule has 0 aromatic heterocycles. The fourth-order valence-electron chi connectivity index (χ4n) is 1.01. The van der Waals surface area contributed by atoms with Crippen molar-refractivity contribution >= 4 is 5.91 Å². The minimum absolute atomic E-state index is 0.0484. The number of nitrogens with one attached hydrogen (secondary N) is 1. The van der Waals surface area contributed by atoms with Crippen LogP contribution in [0.25, 0.3) is 0 Å². The summed E-state index contributed by atoms with van der Waals surface area (Å²) in [6.45, 7) is 5.97. The van der Waals surface area contributed by atoms with Gasteiger partial charge in [-0.25, -0.2) is 0 Å². The van der Waals surface area contributed by atoms with Gasteiger partial charge in [0.05, 0.1) is 6.07 Å². The standard InChI is InChI=1S/C10H10N2O.C2H6/c1-8-3-2-4-9(7-8)10(13)12-6-5-11;1-2/h2-4,7H,6H2,1H3,(H,12,13);1-2H3. The summed E-state index contributed by atoms with van der Waals surface area (Å²) in [7, 11) is 0. The molecule has 80 valence electrons. The number of carbonyl (C=O) groups is 1. The Labute approximate surface area is 90.7 Å². The first-order valence-electron chi connectivity index (χ1n) is 4.96. The molecule has 3 nitrogen and oxygen atoms in total. The van der Waals surface area contributed by atoms with Crippen LogP contribution in [0.2, 0.25) is 0 Å². The molecular weight excluding hydrogens is 188 g/mol. The summed E-state index contributed by atoms with van der Waals surface area (Å²) in [6.07, 6.45) is 0. The zero-order valence-electron chi connectivity index (χ0n) is 9.37. The Morgan fingerprint density at radius 2 is 2.13 bits per heavy atom. The second kappa shape index (κ2) is 7.57. The van der Waals surface area contributed by atoms with Gasteiger partial charge < -0.3 is 5.32 Å². The van der Waals surface area contributed by atoms with Crippen LogP contribution in [0, 0.1) is 18.3 Å². The molecular formula is C12H16N2O. The molecule has 1 rings (SSSR count). The van der Waals surface area contributed by atoms with Gasteiger partial charge in [-0.15, -0.1) is 0 Å². The first kappa shape index (κ1) is 13.2. The Hall–Kier alpha value is -1.82. The quantitative estimate of drug-likeness (QED) is 0.751. The van der Waals surface area contributed by atoms with Gasteiger partial charge in [0.1, 0.15) is 6.54 Å². The zero-order valence-corrected chi connectivity index (χ0v) is 9.37. The maximum Gasteiger partial charge on any atom is 0.252 e. The summed E-state index contributed by atoms with van der Waals surface area (Å²) in [6, 6.07) is 9.09. The van der Waals surface area contributed by atoms with Crippen molar-refractivity contribution in [2.45, 2.75) is 20.8 Å². The van der Waals surface area contributed by atoms with Crippen LogP contribution in [-0.4, -0.2) is 12.5 Å². The van der Waals surface area contributed by atoms with E-state index in [0.717, 1.165) is 5.56 Å². The molecule has 0 spiro atoms. The zero-order chi connectivity index (χ0) is 11.7. The normalized spacial score (nSPS) is 8.13. The summed E-state index contributed by atoms with van der Waals surface area (Å²) in [4.78, 5) is 11.3. The number of nitrogens with zero attached hydrogens (tertiary/aromatic N) is 1. The predicted octanol–water partition coefficient (Wildman–Crippen LogP) is 2.27. The number of nitriles is 1. The third-order valence-electron chi connectivity index (χ3n) is 1.61. The molecule has 0 fully saturated rings. The SMILES string of the molecule is CC.Cc1cccc(C(=O)NCC#N)c1. The van der Waals surface area contributed by atoms with Gasteiger partial charge in [0.2, 0.25) is 0 Å². The van der Waals surface area contributed by atoms with Gasteiger partial charge in [-0.1, -0.05) is 31.5 Å². The molecule has 0 aliphatic heterocycles. The summed E-state index contributed by atoms with van der Waals surface area (Å²) in [5.41, 5.74) is 1.62. The first-order valence-corrected chi connectivity index (χ1v) is 4.96. The number of hydrogen-bond acceptors (Lipinski definition) is 2. The van der Waals surface area contributed by atoms with Gasteiger partial charge in [-0.3, -0.25) is 4.79 Å². The fraction of sp³-hybridized carbons (Fsp3) is 0.333. The van der Waals surface area contributed by atoms with Crippen LogP contribution < -0.4 is 5.32 Å². The van der Waals surface area contributed by atoms with Crippen molar-refractivity contribution in [3.63, 3.8) is 0 Å². The lowest BCUT2D eigenvalue weighted by atomic mass is 10.1. The van der Waals surface area contributed by atoms with E-state index in [9.17, 15) is 4.79 Å². The molecule has 1 N–H and O–H groups in total. The number of aryl methyl sites for hydroxylation is 1. The van der Waals surface area contributed by atoms with E-state index < -0.39 is 0 Å². The first-order chi connectivity index (χ1) is 7.24. The van der Waals surface area contributed by atoms with Gasteiger partial charge in [0, 0.05) is 5.56 Å². The topological polar surface area (TPSA) is 52.9 Å². The summed E-state index contributed by atoms with van der Waals surface area (Å²) in [5, 5.41) is 10.7. The van der Waals surface area contributed by atoms with Crippen LogP contribution in [0.15, 0.2) is 24.3 Å². The molecule has 0 saturated heterocycles. The monoisotopic (exact) mass is 204 g/mol. The van der Waals surface area contributed by atoms with E-state index in [1.165, 1.54) is 0 Å². The highest BCUT2D eigenvalue weighted by Crippen LogP contribution is 2.02. The Bertz CT molecular complexity index is 353. The van der Waals surface area contributed by atoms with E-state index in [0.29, 0.717) is 5.56 Å². The number of benzene rings is 1. The third-order valence-corrected chi connectivity index (χ3v) is 1.61. The number of carbonyl (C=O) groups excluding carboxylic acids is 1. The summed E-state index contributed by atoms with van der Waals surface area (Å²) >= 11 is 0. The maximum absolute atomic E-state index is 11.3. The van der Waals surface area contributed by atoms with Crippen molar-refractivity contribution < 1.29 is 4.79 Å². The second-order valence-corrected chi connectivity index (χ2v) is 2.71. The minimum atomic E-state index is -0.203. The number of hydrogen-bond donors (Lipinski definition) is 1. The molecule has 15 heavy (non-hydrogen) atoms. The molecule has 0 saturated carbocycles. The van der Waals surface area contributed by atoms with Crippen molar-refractivity contribution in [2.75, 3.05) is 6.54 Å². The Kier molecular flexibility index (Phi) is 6.65. The van der Waals surface area contributed by atoms with Crippen molar-refractivity contribution in [1.29, 1.82) is 5.26 Å². The minimum Gasteiger partial charge on any atom is -0.339 e. The molecule has 0 bridgehead atoms. The van der Waals surface area contributed by atoms with Crippen LogP contribution in [-0.2, 0) is 0 Å². The predicted molar refractivity (Wildman–Crippen MR) is 60.5 cm³/mol. The number of rotatable bonds is 2. The second-order valence-electron chi connectivity index (χ2n) is 2.71. The van der Waals surface area contributed by atoms with Gasteiger partial charge in [-0.05, 0) is 19.1 Å². The van der Waals surface area contributed by atoms with E-state index in [4.69, 9.17) is 5.26 Å². The van der Waals surface area contributed by atoms with Gasteiger partial charge in [0.25, 0.3) is 5.91 Å². The lowest BCUT2D eigenvalue weighted by Gasteiger charge is -2.00. The van der Waals surface area contributed by atoms with Crippen LogP contribution in [0.3, 0.4) is 0 Å². The van der Waals surface area contributed by atoms with E-state index in [-0.39, 0.29) is 12.5 Å². The Morgan fingerprint density at radius 1 is 1.47 bits per heavy atom. The number of amides is 1. The van der Waals surface area contributed by atoms with Crippen LogP contribution in [0.1, 0.15) is 29.8 Å². The highest BCUT2D eigenvalue weighted by atomic mass is 16.1. The highest BCUT2D eigenvalue weighted by molar-refractivity contribution is 5.94. The lowest BCUT2D eigenvalue weighted by molar-refractivity contribution is 0.0958.